The molecule has 1 aliphatic rings. The highest BCUT2D eigenvalue weighted by atomic mass is 35.5. The van der Waals surface area contributed by atoms with Crippen LogP contribution < -0.4 is 9.62 Å². The first-order chi connectivity index (χ1) is 19.5. The molecule has 0 heterocycles. The lowest BCUT2D eigenvalue weighted by atomic mass is 10.0. The van der Waals surface area contributed by atoms with Gasteiger partial charge >= 0.3 is 0 Å². The largest absolute Gasteiger partial charge is 0.352 e. The van der Waals surface area contributed by atoms with E-state index in [9.17, 15) is 18.0 Å². The summed E-state index contributed by atoms with van der Waals surface area (Å²) in [5, 5.41) is 3.94. The fourth-order valence-electron chi connectivity index (χ4n) is 5.00. The van der Waals surface area contributed by atoms with Crippen molar-refractivity contribution in [2.75, 3.05) is 17.1 Å². The second kappa shape index (κ2) is 13.9. The highest BCUT2D eigenvalue weighted by Crippen LogP contribution is 2.31. The van der Waals surface area contributed by atoms with Crippen molar-refractivity contribution in [1.29, 1.82) is 0 Å². The molecule has 0 aliphatic heterocycles. The Morgan fingerprint density at radius 1 is 0.927 bits per heavy atom. The van der Waals surface area contributed by atoms with Crippen molar-refractivity contribution in [3.63, 3.8) is 0 Å². The fraction of sp³-hybridized carbons (Fsp3) is 0.333. The van der Waals surface area contributed by atoms with Crippen LogP contribution in [0.1, 0.15) is 36.8 Å². The van der Waals surface area contributed by atoms with Gasteiger partial charge in [0.15, 0.2) is 0 Å². The summed E-state index contributed by atoms with van der Waals surface area (Å²) in [6, 6.07) is 19.9. The van der Waals surface area contributed by atoms with E-state index >= 15 is 0 Å². The van der Waals surface area contributed by atoms with Crippen LogP contribution in [0.15, 0.2) is 72.8 Å². The van der Waals surface area contributed by atoms with Crippen molar-refractivity contribution < 1.29 is 18.0 Å². The number of nitrogens with one attached hydrogen (secondary N) is 1. The molecule has 1 atom stereocenters. The van der Waals surface area contributed by atoms with Gasteiger partial charge in [-0.3, -0.25) is 13.9 Å². The van der Waals surface area contributed by atoms with Gasteiger partial charge in [0.05, 0.1) is 17.0 Å². The average Bonchev–Trinajstić information content (AvgIpc) is 3.44. The number of hydrogen-bond acceptors (Lipinski definition) is 4. The van der Waals surface area contributed by atoms with Crippen LogP contribution in [0.5, 0.6) is 0 Å². The first kappa shape index (κ1) is 31.2. The van der Waals surface area contributed by atoms with Gasteiger partial charge in [-0.2, -0.15) is 0 Å². The SMILES string of the molecule is CS(=O)(=O)N(CC(=O)N(Cc1ccccc1Cl)[C@H](Cc1ccccc1)C(=O)NC1CCCC1)c1cc(Cl)ccc1Cl. The second-order valence-corrected chi connectivity index (χ2v) is 13.3. The van der Waals surface area contributed by atoms with E-state index in [2.05, 4.69) is 5.32 Å². The van der Waals surface area contributed by atoms with Gasteiger partial charge < -0.3 is 10.2 Å². The topological polar surface area (TPSA) is 86.8 Å². The average molecular weight is 637 g/mol. The van der Waals surface area contributed by atoms with Gasteiger partial charge in [0, 0.05) is 29.1 Å². The van der Waals surface area contributed by atoms with Crippen molar-refractivity contribution in [1.82, 2.24) is 10.2 Å². The zero-order valence-corrected chi connectivity index (χ0v) is 25.7. The van der Waals surface area contributed by atoms with E-state index in [4.69, 9.17) is 34.8 Å². The molecule has 218 valence electrons. The zero-order valence-electron chi connectivity index (χ0n) is 22.6. The molecule has 0 spiro atoms. The number of nitrogens with zero attached hydrogens (tertiary/aromatic N) is 2. The number of halogens is 3. The van der Waals surface area contributed by atoms with E-state index in [0.29, 0.717) is 10.6 Å². The monoisotopic (exact) mass is 635 g/mol. The quantitative estimate of drug-likeness (QED) is 0.275. The summed E-state index contributed by atoms with van der Waals surface area (Å²) < 4.78 is 26.8. The number of benzene rings is 3. The maximum Gasteiger partial charge on any atom is 0.244 e. The predicted molar refractivity (Wildman–Crippen MR) is 165 cm³/mol. The predicted octanol–water partition coefficient (Wildman–Crippen LogP) is 6.11. The molecule has 7 nitrogen and oxygen atoms in total. The Bertz CT molecular complexity index is 1480. The summed E-state index contributed by atoms with van der Waals surface area (Å²) in [6.45, 7) is -0.597. The molecule has 0 aromatic heterocycles. The zero-order chi connectivity index (χ0) is 29.6. The molecule has 41 heavy (non-hydrogen) atoms. The van der Waals surface area contributed by atoms with Crippen molar-refractivity contribution >= 4 is 62.3 Å². The molecule has 11 heteroatoms. The van der Waals surface area contributed by atoms with Gasteiger partial charge in [-0.05, 0) is 48.2 Å². The maximum atomic E-state index is 14.2. The molecule has 0 unspecified atom stereocenters. The molecular weight excluding hydrogens is 605 g/mol. The minimum Gasteiger partial charge on any atom is -0.352 e. The lowest BCUT2D eigenvalue weighted by Crippen LogP contribution is -2.54. The Hall–Kier alpha value is -2.78. The number of sulfonamides is 1. The van der Waals surface area contributed by atoms with Crippen molar-refractivity contribution in [2.24, 2.45) is 0 Å². The standard InChI is InChI=1S/C30H32Cl3N3O4S/c1-41(39,40)36(27-18-23(31)15-16-26(27)33)20-29(37)35(19-22-11-5-8-14-25(22)32)28(17-21-9-3-2-4-10-21)30(38)34-24-12-6-7-13-24/h2-5,8-11,14-16,18,24,28H,6-7,12-13,17,19-20H2,1H3,(H,34,38)/t28-/m1/s1. The second-order valence-electron chi connectivity index (χ2n) is 10.2. The first-order valence-electron chi connectivity index (χ1n) is 13.3. The minimum atomic E-state index is -3.97. The molecule has 1 N–H and O–H groups in total. The Labute approximate surface area is 256 Å². The maximum absolute atomic E-state index is 14.2. The van der Waals surface area contributed by atoms with E-state index in [1.165, 1.54) is 23.1 Å². The summed E-state index contributed by atoms with van der Waals surface area (Å²) in [5.41, 5.74) is 1.55. The molecule has 1 saturated carbocycles. The van der Waals surface area contributed by atoms with Crippen LogP contribution in [0.3, 0.4) is 0 Å². The van der Waals surface area contributed by atoms with Crippen molar-refractivity contribution in [3.05, 3.63) is 99.0 Å². The minimum absolute atomic E-state index is 0.00499. The van der Waals surface area contributed by atoms with Gasteiger partial charge in [0.2, 0.25) is 21.8 Å². The highest BCUT2D eigenvalue weighted by molar-refractivity contribution is 7.92. The summed E-state index contributed by atoms with van der Waals surface area (Å²) in [5.74, 6) is -0.887. The molecular formula is C30H32Cl3N3O4S. The third kappa shape index (κ3) is 8.38. The lowest BCUT2D eigenvalue weighted by Gasteiger charge is -2.34. The van der Waals surface area contributed by atoms with Crippen LogP contribution >= 0.6 is 34.8 Å². The molecule has 0 radical (unpaired) electrons. The fourth-order valence-corrected chi connectivity index (χ4v) is 6.49. The van der Waals surface area contributed by atoms with E-state index in [-0.39, 0.29) is 40.6 Å². The molecule has 0 saturated heterocycles. The van der Waals surface area contributed by atoms with Gasteiger partial charge in [0.1, 0.15) is 12.6 Å². The number of amides is 2. The molecule has 1 aliphatic carbocycles. The Kier molecular flexibility index (Phi) is 10.6. The summed E-state index contributed by atoms with van der Waals surface area (Å²) in [4.78, 5) is 29.5. The van der Waals surface area contributed by atoms with E-state index in [1.807, 2.05) is 30.3 Å². The summed E-state index contributed by atoms with van der Waals surface area (Å²) >= 11 is 19.0. The number of carbonyl (C=O) groups is 2. The van der Waals surface area contributed by atoms with Crippen LogP contribution in [-0.4, -0.2) is 50.0 Å². The van der Waals surface area contributed by atoms with Crippen LogP contribution in [0.25, 0.3) is 0 Å². The number of anilines is 1. The van der Waals surface area contributed by atoms with Crippen molar-refractivity contribution in [3.8, 4) is 0 Å². The Morgan fingerprint density at radius 2 is 1.59 bits per heavy atom. The molecule has 2 amide bonds. The summed E-state index contributed by atoms with van der Waals surface area (Å²) in [6.07, 6.45) is 5.02. The normalized spacial score (nSPS) is 14.4. The van der Waals surface area contributed by atoms with Gasteiger partial charge in [-0.1, -0.05) is 96.2 Å². The number of carbonyl (C=O) groups excluding carboxylic acids is 2. The Morgan fingerprint density at radius 3 is 2.24 bits per heavy atom. The van der Waals surface area contributed by atoms with Gasteiger partial charge in [0.25, 0.3) is 0 Å². The molecule has 3 aromatic rings. The number of rotatable bonds is 11. The molecule has 0 bridgehead atoms. The van der Waals surface area contributed by atoms with Gasteiger partial charge in [-0.15, -0.1) is 0 Å². The van der Waals surface area contributed by atoms with Crippen LogP contribution in [-0.2, 0) is 32.6 Å². The smallest absolute Gasteiger partial charge is 0.244 e. The molecule has 1 fully saturated rings. The Balaban J connectivity index is 1.75. The van der Waals surface area contributed by atoms with E-state index < -0.39 is 28.5 Å². The third-order valence-corrected chi connectivity index (χ3v) is 9.18. The first-order valence-corrected chi connectivity index (χ1v) is 16.3. The lowest BCUT2D eigenvalue weighted by molar-refractivity contribution is -0.140. The third-order valence-electron chi connectivity index (χ3n) is 7.13. The van der Waals surface area contributed by atoms with Crippen LogP contribution in [0.4, 0.5) is 5.69 Å². The van der Waals surface area contributed by atoms with Crippen LogP contribution in [0.2, 0.25) is 15.1 Å². The molecule has 3 aromatic carbocycles. The summed E-state index contributed by atoms with van der Waals surface area (Å²) in [7, 11) is -3.97. The van der Waals surface area contributed by atoms with E-state index in [1.54, 1.807) is 24.3 Å². The van der Waals surface area contributed by atoms with Gasteiger partial charge in [-0.25, -0.2) is 8.42 Å². The molecule has 4 rings (SSSR count). The number of hydrogen-bond donors (Lipinski definition) is 1. The highest BCUT2D eigenvalue weighted by Gasteiger charge is 2.35. The van der Waals surface area contributed by atoms with Crippen molar-refractivity contribution in [2.45, 2.75) is 50.7 Å². The van der Waals surface area contributed by atoms with Crippen LogP contribution in [0, 0.1) is 0 Å². The van der Waals surface area contributed by atoms with E-state index in [0.717, 1.165) is 41.8 Å².